The van der Waals surface area contributed by atoms with Crippen LogP contribution in [0.25, 0.3) is 11.1 Å². The van der Waals surface area contributed by atoms with E-state index in [4.69, 9.17) is 59.3 Å². The summed E-state index contributed by atoms with van der Waals surface area (Å²) in [7, 11) is 1.65. The number of anilines is 2. The molecule has 0 spiro atoms. The summed E-state index contributed by atoms with van der Waals surface area (Å²) < 4.78 is 54.9. The average molecular weight is 899 g/mol. The van der Waals surface area contributed by atoms with Crippen molar-refractivity contribution in [2.75, 3.05) is 105 Å². The Morgan fingerprint density at radius 2 is 1.38 bits per heavy atom. The second-order valence-electron chi connectivity index (χ2n) is 16.0. The third-order valence-electron chi connectivity index (χ3n) is 11.5. The summed E-state index contributed by atoms with van der Waals surface area (Å²) >= 11 is 6.52. The smallest absolute Gasteiger partial charge is 0.256 e. The van der Waals surface area contributed by atoms with Gasteiger partial charge in [-0.3, -0.25) is 9.58 Å². The summed E-state index contributed by atoms with van der Waals surface area (Å²) in [5.74, 6) is 1.52. The van der Waals surface area contributed by atoms with Crippen LogP contribution in [0.15, 0.2) is 49.4 Å². The summed E-state index contributed by atoms with van der Waals surface area (Å²) in [5.41, 5.74) is 2.41. The fraction of sp³-hybridized carbons (Fsp3) is 0.659. The van der Waals surface area contributed by atoms with Crippen molar-refractivity contribution in [3.63, 3.8) is 0 Å². The molecule has 2 bridgehead atoms. The highest BCUT2D eigenvalue weighted by Gasteiger charge is 2.42. The third kappa shape index (κ3) is 14.5. The van der Waals surface area contributed by atoms with E-state index in [0.29, 0.717) is 133 Å². The number of nitrogens with one attached hydrogen (secondary N) is 1. The standard InChI is InChI=1S/C44H64ClN9O9/c1-33(27-52-32-46-31-49-52)63-42-24-34(4-11-40(42)45)35-25-47-44(48-26-35)50-41-28-53(36-5-7-37(8-6-36)54-38-9-10-39(54)30-61-29-38)51-43(41)62-13-3-12-56-16-17-58-20-21-60-23-22-59-19-18-57-15-14-55-2/h4,11,24-26,28,31-33,36-39H,3,5-10,12-23,27,29-30H2,1-2H3,(H,47,48,50)/t33-,36?,37?,38-,39+/m0/s1. The van der Waals surface area contributed by atoms with Gasteiger partial charge in [-0.05, 0) is 63.1 Å². The molecule has 0 amide bonds. The molecular weight excluding hydrogens is 834 g/mol. The maximum Gasteiger partial charge on any atom is 0.256 e. The van der Waals surface area contributed by atoms with Crippen molar-refractivity contribution in [2.24, 2.45) is 0 Å². The summed E-state index contributed by atoms with van der Waals surface area (Å²) in [6, 6.07) is 7.67. The Morgan fingerprint density at radius 1 is 0.762 bits per heavy atom. The number of hydrogen-bond donors (Lipinski definition) is 1. The number of fused-ring (bicyclic) bond motifs is 2. The van der Waals surface area contributed by atoms with Crippen molar-refractivity contribution in [2.45, 2.75) is 88.7 Å². The van der Waals surface area contributed by atoms with Crippen LogP contribution in [0.3, 0.4) is 0 Å². The molecule has 346 valence electrons. The van der Waals surface area contributed by atoms with Gasteiger partial charge in [-0.25, -0.2) is 19.6 Å². The van der Waals surface area contributed by atoms with Gasteiger partial charge in [0.25, 0.3) is 5.88 Å². The molecule has 3 fully saturated rings. The molecule has 7 rings (SSSR count). The van der Waals surface area contributed by atoms with E-state index in [9.17, 15) is 0 Å². The van der Waals surface area contributed by atoms with Crippen molar-refractivity contribution in [3.05, 3.63) is 54.5 Å². The molecule has 0 unspecified atom stereocenters. The molecule has 5 heterocycles. The number of benzene rings is 1. The summed E-state index contributed by atoms with van der Waals surface area (Å²) in [6.45, 7) is 10.4. The SMILES string of the molecule is COCCOCCOCCOCCOCCOCCCOc1nn(C2CCC(N3[C@@H]4CC[C@H]3COC4)CC2)cc1Nc1ncc(-c2ccc(Cl)c(O[C@@H](C)Cn3cncn3)c2)cn1. The Bertz CT molecular complexity index is 1870. The van der Waals surface area contributed by atoms with Crippen LogP contribution in [0.2, 0.25) is 5.02 Å². The van der Waals surface area contributed by atoms with Crippen LogP contribution in [0.5, 0.6) is 11.6 Å². The van der Waals surface area contributed by atoms with Gasteiger partial charge in [0.2, 0.25) is 5.95 Å². The van der Waals surface area contributed by atoms with Crippen molar-refractivity contribution in [3.8, 4) is 22.8 Å². The number of aromatic nitrogens is 7. The maximum atomic E-state index is 6.52. The van der Waals surface area contributed by atoms with Crippen LogP contribution in [-0.2, 0) is 39.7 Å². The van der Waals surface area contributed by atoms with Crippen LogP contribution >= 0.6 is 11.6 Å². The van der Waals surface area contributed by atoms with Gasteiger partial charge >= 0.3 is 0 Å². The van der Waals surface area contributed by atoms with Crippen LogP contribution in [0.1, 0.15) is 57.9 Å². The summed E-state index contributed by atoms with van der Waals surface area (Å²) in [6.07, 6.45) is 16.2. The zero-order valence-corrected chi connectivity index (χ0v) is 37.4. The Hall–Kier alpha value is -3.98. The summed E-state index contributed by atoms with van der Waals surface area (Å²) in [4.78, 5) is 16.1. The normalized spacial score (nSPS) is 20.6. The molecule has 18 nitrogen and oxygen atoms in total. The molecule has 3 aromatic heterocycles. The van der Waals surface area contributed by atoms with Gasteiger partial charge < -0.3 is 47.9 Å². The van der Waals surface area contributed by atoms with Gasteiger partial charge in [-0.1, -0.05) is 17.7 Å². The number of nitrogens with zero attached hydrogens (tertiary/aromatic N) is 8. The average Bonchev–Trinajstić information content (AvgIpc) is 4.03. The molecule has 19 heteroatoms. The van der Waals surface area contributed by atoms with Gasteiger partial charge in [0.1, 0.15) is 30.2 Å². The molecule has 2 aliphatic heterocycles. The lowest BCUT2D eigenvalue weighted by molar-refractivity contribution is -0.0458. The molecule has 3 aliphatic rings. The highest BCUT2D eigenvalue weighted by atomic mass is 35.5. The number of morpholine rings is 1. The fourth-order valence-electron chi connectivity index (χ4n) is 8.37. The van der Waals surface area contributed by atoms with E-state index in [1.165, 1.54) is 19.2 Å². The lowest BCUT2D eigenvalue weighted by Crippen LogP contribution is -2.52. The van der Waals surface area contributed by atoms with E-state index < -0.39 is 0 Å². The Morgan fingerprint density at radius 3 is 2.02 bits per heavy atom. The topological polar surface area (TPSA) is 173 Å². The Kier molecular flexibility index (Phi) is 19.0. The van der Waals surface area contributed by atoms with Crippen molar-refractivity contribution in [1.29, 1.82) is 0 Å². The van der Waals surface area contributed by atoms with E-state index in [0.717, 1.165) is 55.7 Å². The fourth-order valence-corrected chi connectivity index (χ4v) is 8.53. The van der Waals surface area contributed by atoms with Gasteiger partial charge in [-0.15, -0.1) is 5.10 Å². The molecule has 1 saturated carbocycles. The van der Waals surface area contributed by atoms with Gasteiger partial charge in [0, 0.05) is 56.2 Å². The number of methoxy groups -OCH3 is 1. The van der Waals surface area contributed by atoms with Gasteiger partial charge in [-0.2, -0.15) is 5.10 Å². The van der Waals surface area contributed by atoms with E-state index in [2.05, 4.69) is 34.9 Å². The minimum atomic E-state index is -0.182. The van der Waals surface area contributed by atoms with E-state index >= 15 is 0 Å². The molecule has 3 atom stereocenters. The molecule has 1 N–H and O–H groups in total. The van der Waals surface area contributed by atoms with Crippen LogP contribution < -0.4 is 14.8 Å². The Labute approximate surface area is 375 Å². The van der Waals surface area contributed by atoms with Crippen molar-refractivity contribution < 1.29 is 42.6 Å². The minimum absolute atomic E-state index is 0.182. The van der Waals surface area contributed by atoms with E-state index in [-0.39, 0.29) is 12.1 Å². The van der Waals surface area contributed by atoms with E-state index in [1.807, 2.05) is 31.3 Å². The molecule has 0 radical (unpaired) electrons. The third-order valence-corrected chi connectivity index (χ3v) is 11.8. The van der Waals surface area contributed by atoms with Crippen molar-refractivity contribution >= 4 is 23.2 Å². The molecular formula is C44H64ClN9O9. The second-order valence-corrected chi connectivity index (χ2v) is 16.4. The Balaban J connectivity index is 0.870. The molecule has 1 aliphatic carbocycles. The quantitative estimate of drug-likeness (QED) is 0.0663. The first kappa shape index (κ1) is 47.0. The van der Waals surface area contributed by atoms with Crippen LogP contribution in [0, 0.1) is 0 Å². The first-order chi connectivity index (χ1) is 31.0. The van der Waals surface area contributed by atoms with Gasteiger partial charge in [0.15, 0.2) is 0 Å². The maximum absolute atomic E-state index is 6.52. The van der Waals surface area contributed by atoms with E-state index in [1.54, 1.807) is 30.5 Å². The number of rotatable bonds is 29. The monoisotopic (exact) mass is 897 g/mol. The highest BCUT2D eigenvalue weighted by molar-refractivity contribution is 6.32. The molecule has 2 saturated heterocycles. The van der Waals surface area contributed by atoms with Crippen molar-refractivity contribution in [1.82, 2.24) is 39.4 Å². The number of ether oxygens (including phenoxy) is 9. The number of halogens is 1. The lowest BCUT2D eigenvalue weighted by Gasteiger charge is -2.43. The highest BCUT2D eigenvalue weighted by Crippen LogP contribution is 2.40. The predicted octanol–water partition coefficient (Wildman–Crippen LogP) is 5.64. The first-order valence-electron chi connectivity index (χ1n) is 22.4. The van der Waals surface area contributed by atoms with Gasteiger partial charge in [0.05, 0.1) is 110 Å². The molecule has 4 aromatic rings. The zero-order valence-electron chi connectivity index (χ0n) is 36.7. The number of hydrogen-bond acceptors (Lipinski definition) is 16. The zero-order chi connectivity index (χ0) is 43.5. The summed E-state index contributed by atoms with van der Waals surface area (Å²) in [5, 5.41) is 13.0. The van der Waals surface area contributed by atoms with Crippen LogP contribution in [-0.4, -0.2) is 163 Å². The second kappa shape index (κ2) is 25.5. The lowest BCUT2D eigenvalue weighted by atomic mass is 9.89. The first-order valence-corrected chi connectivity index (χ1v) is 22.7. The predicted molar refractivity (Wildman–Crippen MR) is 235 cm³/mol. The van der Waals surface area contributed by atoms with Crippen LogP contribution in [0.4, 0.5) is 11.6 Å². The molecule has 1 aromatic carbocycles. The largest absolute Gasteiger partial charge is 0.487 e. The molecule has 63 heavy (non-hydrogen) atoms. The minimum Gasteiger partial charge on any atom is -0.487 e.